The molecule has 134 valence electrons. The number of methoxy groups -OCH3 is 1. The highest BCUT2D eigenvalue weighted by atomic mass is 16.5. The molecule has 3 aliphatic rings. The predicted molar refractivity (Wildman–Crippen MR) is 95.9 cm³/mol. The summed E-state index contributed by atoms with van der Waals surface area (Å²) >= 11 is 0. The summed E-state index contributed by atoms with van der Waals surface area (Å²) in [6, 6.07) is 5.30. The van der Waals surface area contributed by atoms with Crippen LogP contribution in [0.3, 0.4) is 0 Å². The highest BCUT2D eigenvalue weighted by molar-refractivity contribution is 6.06. The Morgan fingerprint density at radius 3 is 2.50 bits per heavy atom. The molecule has 6 heteroatoms. The molecule has 1 saturated carbocycles. The highest BCUT2D eigenvalue weighted by Crippen LogP contribution is 2.52. The maximum absolute atomic E-state index is 12.6. The van der Waals surface area contributed by atoms with Gasteiger partial charge in [0, 0.05) is 0 Å². The Kier molecular flexibility index (Phi) is 4.11. The number of allylic oxidation sites excluding steroid dienone is 2. The fourth-order valence-corrected chi connectivity index (χ4v) is 4.16. The van der Waals surface area contributed by atoms with E-state index in [2.05, 4.69) is 23.8 Å². The first-order valence-corrected chi connectivity index (χ1v) is 8.66. The number of rotatable bonds is 6. The van der Waals surface area contributed by atoms with Gasteiger partial charge in [-0.05, 0) is 42.0 Å². The molecule has 1 saturated heterocycles. The quantitative estimate of drug-likeness (QED) is 0.448. The molecule has 2 amide bonds. The minimum Gasteiger partial charge on any atom is -0.493 e. The van der Waals surface area contributed by atoms with E-state index in [-0.39, 0.29) is 35.5 Å². The average molecular weight is 352 g/mol. The van der Waals surface area contributed by atoms with Gasteiger partial charge in [-0.25, -0.2) is 0 Å². The lowest BCUT2D eigenvalue weighted by Crippen LogP contribution is -2.28. The first-order chi connectivity index (χ1) is 12.6. The Morgan fingerprint density at radius 1 is 1.19 bits per heavy atom. The molecule has 0 spiro atoms. The van der Waals surface area contributed by atoms with Gasteiger partial charge in [-0.2, -0.15) is 10.1 Å². The minimum absolute atomic E-state index is 0.183. The molecule has 0 radical (unpaired) electrons. The summed E-state index contributed by atoms with van der Waals surface area (Å²) in [6.45, 7) is 3.99. The molecule has 6 nitrogen and oxygen atoms in total. The molecule has 1 aliphatic heterocycles. The molecular formula is C20H20N2O4. The van der Waals surface area contributed by atoms with Crippen LogP contribution in [0.2, 0.25) is 0 Å². The van der Waals surface area contributed by atoms with Crippen LogP contribution in [-0.2, 0) is 9.59 Å². The summed E-state index contributed by atoms with van der Waals surface area (Å²) in [5, 5.41) is 5.21. The number of fused-ring (bicyclic) bond motifs is 5. The zero-order valence-electron chi connectivity index (χ0n) is 14.5. The van der Waals surface area contributed by atoms with E-state index in [1.807, 2.05) is 0 Å². The van der Waals surface area contributed by atoms with Gasteiger partial charge >= 0.3 is 0 Å². The summed E-state index contributed by atoms with van der Waals surface area (Å²) < 4.78 is 10.8. The number of benzene rings is 1. The lowest BCUT2D eigenvalue weighted by atomic mass is 9.85. The van der Waals surface area contributed by atoms with E-state index in [0.717, 1.165) is 11.4 Å². The SMILES string of the molecule is C=CCOc1ccc(C=NN2C(=O)C3C4C=CC(C4)C3C2=O)cc1OC. The van der Waals surface area contributed by atoms with Crippen LogP contribution < -0.4 is 9.47 Å². The monoisotopic (exact) mass is 352 g/mol. The number of imide groups is 1. The average Bonchev–Trinajstić information content (AvgIpc) is 3.33. The fourth-order valence-electron chi connectivity index (χ4n) is 4.16. The van der Waals surface area contributed by atoms with Crippen LogP contribution in [0.4, 0.5) is 0 Å². The van der Waals surface area contributed by atoms with E-state index < -0.39 is 0 Å². The number of carbonyl (C=O) groups is 2. The summed E-state index contributed by atoms with van der Waals surface area (Å²) in [7, 11) is 1.55. The molecule has 4 rings (SSSR count). The van der Waals surface area contributed by atoms with Crippen LogP contribution in [0.15, 0.2) is 48.1 Å². The zero-order valence-corrected chi connectivity index (χ0v) is 14.5. The van der Waals surface area contributed by atoms with Gasteiger partial charge in [0.2, 0.25) is 0 Å². The molecule has 2 bridgehead atoms. The van der Waals surface area contributed by atoms with E-state index in [1.165, 1.54) is 6.21 Å². The standard InChI is InChI=1S/C20H20N2O4/c1-3-8-26-15-7-4-12(9-16(15)25-2)11-21-22-19(23)17-13-5-6-14(10-13)18(17)20(22)24/h3-7,9,11,13-14,17-18H,1,8,10H2,2H3. The zero-order chi connectivity index (χ0) is 18.3. The molecule has 4 unspecified atom stereocenters. The topological polar surface area (TPSA) is 68.2 Å². The van der Waals surface area contributed by atoms with Gasteiger partial charge in [0.25, 0.3) is 11.8 Å². The Bertz CT molecular complexity index is 799. The summed E-state index contributed by atoms with van der Waals surface area (Å²) in [6.07, 6.45) is 8.20. The van der Waals surface area contributed by atoms with Gasteiger partial charge < -0.3 is 9.47 Å². The van der Waals surface area contributed by atoms with Crippen LogP contribution in [0.1, 0.15) is 12.0 Å². The molecule has 4 atom stereocenters. The highest BCUT2D eigenvalue weighted by Gasteiger charge is 2.59. The third kappa shape index (κ3) is 2.53. The van der Waals surface area contributed by atoms with Crippen LogP contribution in [-0.4, -0.2) is 36.8 Å². The van der Waals surface area contributed by atoms with Crippen LogP contribution >= 0.6 is 0 Å². The lowest BCUT2D eigenvalue weighted by Gasteiger charge is -2.13. The molecule has 2 fully saturated rings. The van der Waals surface area contributed by atoms with E-state index in [1.54, 1.807) is 31.4 Å². The third-order valence-electron chi connectivity index (χ3n) is 5.31. The lowest BCUT2D eigenvalue weighted by molar-refractivity contribution is -0.140. The summed E-state index contributed by atoms with van der Waals surface area (Å²) in [5.41, 5.74) is 0.714. The first kappa shape index (κ1) is 16.6. The van der Waals surface area contributed by atoms with Crippen molar-refractivity contribution in [3.63, 3.8) is 0 Å². The van der Waals surface area contributed by atoms with Crippen molar-refractivity contribution in [2.75, 3.05) is 13.7 Å². The maximum atomic E-state index is 12.6. The van der Waals surface area contributed by atoms with Crippen molar-refractivity contribution in [1.82, 2.24) is 5.01 Å². The van der Waals surface area contributed by atoms with E-state index in [0.29, 0.717) is 23.7 Å². The van der Waals surface area contributed by atoms with Crippen molar-refractivity contribution in [2.45, 2.75) is 6.42 Å². The van der Waals surface area contributed by atoms with E-state index >= 15 is 0 Å². The van der Waals surface area contributed by atoms with Crippen molar-refractivity contribution in [2.24, 2.45) is 28.8 Å². The van der Waals surface area contributed by atoms with Gasteiger partial charge in [-0.1, -0.05) is 24.8 Å². The van der Waals surface area contributed by atoms with Crippen molar-refractivity contribution >= 4 is 18.0 Å². The van der Waals surface area contributed by atoms with E-state index in [9.17, 15) is 9.59 Å². The number of hydrogen-bond acceptors (Lipinski definition) is 5. The molecule has 2 aliphatic carbocycles. The second kappa shape index (κ2) is 6.44. The number of nitrogens with zero attached hydrogens (tertiary/aromatic N) is 2. The molecule has 26 heavy (non-hydrogen) atoms. The predicted octanol–water partition coefficient (Wildman–Crippen LogP) is 2.40. The molecule has 1 aromatic rings. The van der Waals surface area contributed by atoms with Crippen LogP contribution in [0, 0.1) is 23.7 Å². The van der Waals surface area contributed by atoms with Crippen LogP contribution in [0.25, 0.3) is 0 Å². The second-order valence-electron chi connectivity index (χ2n) is 6.74. The van der Waals surface area contributed by atoms with Crippen molar-refractivity contribution < 1.29 is 19.1 Å². The molecule has 0 N–H and O–H groups in total. The number of hydrazone groups is 1. The largest absolute Gasteiger partial charge is 0.493 e. The number of ether oxygens (including phenoxy) is 2. The van der Waals surface area contributed by atoms with Crippen molar-refractivity contribution in [1.29, 1.82) is 0 Å². The Labute approximate surface area is 151 Å². The normalized spacial score (nSPS) is 28.9. The summed E-state index contributed by atoms with van der Waals surface area (Å²) in [4.78, 5) is 25.2. The van der Waals surface area contributed by atoms with Crippen LogP contribution in [0.5, 0.6) is 11.5 Å². The first-order valence-electron chi connectivity index (χ1n) is 8.66. The Hall–Kier alpha value is -2.89. The number of hydrogen-bond donors (Lipinski definition) is 0. The minimum atomic E-state index is -0.237. The Morgan fingerprint density at radius 2 is 1.88 bits per heavy atom. The van der Waals surface area contributed by atoms with Gasteiger partial charge in [-0.15, -0.1) is 0 Å². The van der Waals surface area contributed by atoms with Gasteiger partial charge in [-0.3, -0.25) is 9.59 Å². The molecule has 1 aromatic carbocycles. The van der Waals surface area contributed by atoms with Crippen molar-refractivity contribution in [3.05, 3.63) is 48.6 Å². The molecule has 1 heterocycles. The maximum Gasteiger partial charge on any atom is 0.254 e. The molecular weight excluding hydrogens is 332 g/mol. The van der Waals surface area contributed by atoms with E-state index in [4.69, 9.17) is 9.47 Å². The van der Waals surface area contributed by atoms with Crippen molar-refractivity contribution in [3.8, 4) is 11.5 Å². The summed E-state index contributed by atoms with van der Waals surface area (Å²) in [5.74, 6) is 0.657. The number of amides is 2. The van der Waals surface area contributed by atoms with Gasteiger partial charge in [0.15, 0.2) is 11.5 Å². The van der Waals surface area contributed by atoms with Gasteiger partial charge in [0.1, 0.15) is 6.61 Å². The number of carbonyl (C=O) groups excluding carboxylic acids is 2. The Balaban J connectivity index is 1.52. The smallest absolute Gasteiger partial charge is 0.254 e. The molecule has 0 aromatic heterocycles. The second-order valence-corrected chi connectivity index (χ2v) is 6.74. The fraction of sp³-hybridized carbons (Fsp3) is 0.350. The third-order valence-corrected chi connectivity index (χ3v) is 5.31. The van der Waals surface area contributed by atoms with Gasteiger partial charge in [0.05, 0.1) is 25.2 Å².